The van der Waals surface area contributed by atoms with Crippen molar-refractivity contribution in [3.05, 3.63) is 24.2 Å². The van der Waals surface area contributed by atoms with Crippen LogP contribution in [-0.4, -0.2) is 60.1 Å². The highest BCUT2D eigenvalue weighted by Crippen LogP contribution is 2.35. The standard InChI is InChI=1S/C19H21F2N5O3/c20-19(21)29-15-3-11(6-23-17(15)22)14-5-16(26-7-13-4-12(26)9-28-13)25-18(24-14)10-1-2-27-8-10/h3,5-6,10,12-13,19H,1-2,4,7-9H2,(H2,22,23)/t10?,12-,13-/m0/s1. The van der Waals surface area contributed by atoms with Gasteiger partial charge in [0.15, 0.2) is 11.6 Å². The van der Waals surface area contributed by atoms with Gasteiger partial charge in [-0.25, -0.2) is 15.0 Å². The minimum atomic E-state index is -2.98. The highest BCUT2D eigenvalue weighted by molar-refractivity contribution is 5.67. The predicted octanol–water partition coefficient (Wildman–Crippen LogP) is 2.20. The molecule has 29 heavy (non-hydrogen) atoms. The zero-order chi connectivity index (χ0) is 20.0. The second-order valence-corrected chi connectivity index (χ2v) is 7.51. The molecule has 0 aromatic carbocycles. The maximum absolute atomic E-state index is 12.7. The van der Waals surface area contributed by atoms with Gasteiger partial charge in [0.1, 0.15) is 11.6 Å². The van der Waals surface area contributed by atoms with Crippen molar-refractivity contribution in [2.24, 2.45) is 0 Å². The summed E-state index contributed by atoms with van der Waals surface area (Å²) in [5, 5.41) is 0. The number of pyridine rings is 1. The van der Waals surface area contributed by atoms with Crippen LogP contribution in [0.25, 0.3) is 11.3 Å². The topological polar surface area (TPSA) is 95.6 Å². The molecule has 3 aliphatic heterocycles. The Kier molecular flexibility index (Phi) is 4.67. The van der Waals surface area contributed by atoms with Gasteiger partial charge in [0, 0.05) is 36.9 Å². The molecule has 2 aromatic heterocycles. The summed E-state index contributed by atoms with van der Waals surface area (Å²) in [6, 6.07) is 3.59. The number of hydrogen-bond donors (Lipinski definition) is 1. The number of rotatable bonds is 5. The molecule has 0 amide bonds. The van der Waals surface area contributed by atoms with Crippen LogP contribution in [0.1, 0.15) is 24.6 Å². The molecule has 3 fully saturated rings. The molecule has 2 N–H and O–H groups in total. The molecule has 0 saturated carbocycles. The summed E-state index contributed by atoms with van der Waals surface area (Å²) in [5.74, 6) is 1.33. The van der Waals surface area contributed by atoms with Crippen LogP contribution in [-0.2, 0) is 9.47 Å². The SMILES string of the molecule is Nc1ncc(-c2cc(N3C[C@@H]4C[C@H]3CO4)nc(C3CCOC3)n2)cc1OC(F)F. The van der Waals surface area contributed by atoms with E-state index in [0.29, 0.717) is 36.9 Å². The summed E-state index contributed by atoms with van der Waals surface area (Å²) < 4.78 is 41.1. The Morgan fingerprint density at radius 2 is 2.14 bits per heavy atom. The monoisotopic (exact) mass is 405 g/mol. The minimum absolute atomic E-state index is 0.0956. The number of halogens is 2. The number of hydrogen-bond acceptors (Lipinski definition) is 8. The molecule has 2 aromatic rings. The molecule has 0 spiro atoms. The molecule has 2 bridgehead atoms. The summed E-state index contributed by atoms with van der Waals surface area (Å²) in [5.41, 5.74) is 6.81. The van der Waals surface area contributed by atoms with Gasteiger partial charge in [-0.1, -0.05) is 0 Å². The van der Waals surface area contributed by atoms with Crippen molar-refractivity contribution < 1.29 is 23.0 Å². The second-order valence-electron chi connectivity index (χ2n) is 7.51. The second kappa shape index (κ2) is 7.34. The van der Waals surface area contributed by atoms with Crippen LogP contribution in [0, 0.1) is 0 Å². The largest absolute Gasteiger partial charge is 0.431 e. The number of anilines is 2. The fourth-order valence-electron chi connectivity index (χ4n) is 4.13. The van der Waals surface area contributed by atoms with Gasteiger partial charge in [-0.2, -0.15) is 8.78 Å². The summed E-state index contributed by atoms with van der Waals surface area (Å²) in [6.45, 7) is -0.284. The third-order valence-electron chi connectivity index (χ3n) is 5.61. The van der Waals surface area contributed by atoms with Crippen molar-refractivity contribution in [2.45, 2.75) is 37.5 Å². The van der Waals surface area contributed by atoms with Crippen molar-refractivity contribution in [3.8, 4) is 17.0 Å². The Balaban J connectivity index is 1.55. The summed E-state index contributed by atoms with van der Waals surface area (Å²) >= 11 is 0. The fraction of sp³-hybridized carbons (Fsp3) is 0.526. The number of nitrogen functional groups attached to an aromatic ring is 1. The predicted molar refractivity (Wildman–Crippen MR) is 100.0 cm³/mol. The number of aromatic nitrogens is 3. The Labute approximate surface area is 166 Å². The van der Waals surface area contributed by atoms with E-state index in [1.54, 1.807) is 0 Å². The van der Waals surface area contributed by atoms with Crippen LogP contribution in [0.3, 0.4) is 0 Å². The number of morpholine rings is 1. The molecular weight excluding hydrogens is 384 g/mol. The van der Waals surface area contributed by atoms with Crippen LogP contribution in [0.2, 0.25) is 0 Å². The van der Waals surface area contributed by atoms with E-state index in [1.165, 1.54) is 12.3 Å². The molecule has 154 valence electrons. The lowest BCUT2D eigenvalue weighted by atomic mass is 10.1. The van der Waals surface area contributed by atoms with E-state index >= 15 is 0 Å². The lowest BCUT2D eigenvalue weighted by Crippen LogP contribution is -2.37. The van der Waals surface area contributed by atoms with Gasteiger partial charge in [-0.05, 0) is 18.9 Å². The third kappa shape index (κ3) is 3.58. The number of alkyl halides is 2. The van der Waals surface area contributed by atoms with Crippen molar-refractivity contribution in [1.82, 2.24) is 15.0 Å². The minimum Gasteiger partial charge on any atom is -0.431 e. The van der Waals surface area contributed by atoms with Gasteiger partial charge in [-0.15, -0.1) is 0 Å². The van der Waals surface area contributed by atoms with E-state index in [-0.39, 0.29) is 29.6 Å². The zero-order valence-electron chi connectivity index (χ0n) is 15.6. The average Bonchev–Trinajstić information content (AvgIpc) is 3.47. The molecule has 3 atom stereocenters. The highest BCUT2D eigenvalue weighted by Gasteiger charge is 2.40. The van der Waals surface area contributed by atoms with E-state index in [0.717, 1.165) is 25.2 Å². The van der Waals surface area contributed by atoms with Crippen molar-refractivity contribution >= 4 is 11.6 Å². The van der Waals surface area contributed by atoms with E-state index < -0.39 is 6.61 Å². The number of nitrogens with two attached hydrogens (primary N) is 1. The molecule has 3 aliphatic rings. The van der Waals surface area contributed by atoms with Crippen LogP contribution < -0.4 is 15.4 Å². The molecule has 8 nitrogen and oxygen atoms in total. The molecular formula is C19H21F2N5O3. The van der Waals surface area contributed by atoms with Gasteiger partial charge in [0.2, 0.25) is 0 Å². The summed E-state index contributed by atoms with van der Waals surface area (Å²) in [7, 11) is 0. The Bertz CT molecular complexity index is 909. The first-order valence-corrected chi connectivity index (χ1v) is 9.62. The van der Waals surface area contributed by atoms with Gasteiger partial charge in [-0.3, -0.25) is 0 Å². The summed E-state index contributed by atoms with van der Waals surface area (Å²) in [4.78, 5) is 15.7. The van der Waals surface area contributed by atoms with Gasteiger partial charge < -0.3 is 24.8 Å². The normalized spacial score (nSPS) is 25.9. The first-order chi connectivity index (χ1) is 14.1. The molecule has 5 rings (SSSR count). The molecule has 0 radical (unpaired) electrons. The summed E-state index contributed by atoms with van der Waals surface area (Å²) in [6.07, 6.45) is 3.56. The quantitative estimate of drug-likeness (QED) is 0.809. The van der Waals surface area contributed by atoms with E-state index in [4.69, 9.17) is 25.2 Å². The maximum atomic E-state index is 12.7. The van der Waals surface area contributed by atoms with Crippen molar-refractivity contribution in [2.75, 3.05) is 37.0 Å². The molecule has 10 heteroatoms. The first-order valence-electron chi connectivity index (χ1n) is 9.62. The Morgan fingerprint density at radius 3 is 2.83 bits per heavy atom. The Morgan fingerprint density at radius 1 is 1.24 bits per heavy atom. The van der Waals surface area contributed by atoms with E-state index in [1.807, 2.05) is 6.07 Å². The maximum Gasteiger partial charge on any atom is 0.387 e. The lowest BCUT2D eigenvalue weighted by molar-refractivity contribution is -0.0494. The van der Waals surface area contributed by atoms with E-state index in [9.17, 15) is 8.78 Å². The van der Waals surface area contributed by atoms with Crippen LogP contribution in [0.4, 0.5) is 20.4 Å². The van der Waals surface area contributed by atoms with Crippen molar-refractivity contribution in [1.29, 1.82) is 0 Å². The number of nitrogens with zero attached hydrogens (tertiary/aromatic N) is 4. The third-order valence-corrected chi connectivity index (χ3v) is 5.61. The fourth-order valence-corrected chi connectivity index (χ4v) is 4.13. The zero-order valence-corrected chi connectivity index (χ0v) is 15.6. The number of ether oxygens (including phenoxy) is 3. The van der Waals surface area contributed by atoms with Gasteiger partial charge in [0.05, 0.1) is 31.1 Å². The highest BCUT2D eigenvalue weighted by atomic mass is 19.3. The van der Waals surface area contributed by atoms with Crippen LogP contribution in [0.5, 0.6) is 5.75 Å². The van der Waals surface area contributed by atoms with E-state index in [2.05, 4.69) is 14.6 Å². The first kappa shape index (κ1) is 18.4. The molecule has 5 heterocycles. The lowest BCUT2D eigenvalue weighted by Gasteiger charge is -2.28. The van der Waals surface area contributed by atoms with Crippen molar-refractivity contribution in [3.63, 3.8) is 0 Å². The number of fused-ring (bicyclic) bond motifs is 2. The van der Waals surface area contributed by atoms with Gasteiger partial charge >= 0.3 is 6.61 Å². The molecule has 1 unspecified atom stereocenters. The molecule has 0 aliphatic carbocycles. The van der Waals surface area contributed by atoms with Crippen LogP contribution in [0.15, 0.2) is 18.3 Å². The van der Waals surface area contributed by atoms with Gasteiger partial charge in [0.25, 0.3) is 0 Å². The molecule has 3 saturated heterocycles. The van der Waals surface area contributed by atoms with Crippen LogP contribution >= 0.6 is 0 Å². The smallest absolute Gasteiger partial charge is 0.387 e. The average molecular weight is 405 g/mol. The Hall–Kier alpha value is -2.59.